The lowest BCUT2D eigenvalue weighted by atomic mass is 10.0. The standard InChI is InChI=1S/C28H38N6O4S/c1-17(2)13-20(27(37)34-14-21(29-3)25-24(34)23(35)15-38-25)30-26(36)19-7-5-18(6-8-19)22-16-39-28(31-22)33-11-9-32(4)10-12-33/h5-8,16-17,20-21,24-25,29H,9-15H2,1-4H3,(H,30,36)/t20-,21-,24+,25+/m0/s1. The molecule has 3 saturated heterocycles. The number of amides is 2. The minimum Gasteiger partial charge on any atom is -0.366 e. The van der Waals surface area contributed by atoms with E-state index in [9.17, 15) is 14.4 Å². The largest absolute Gasteiger partial charge is 0.366 e. The number of nitrogens with zero attached hydrogens (tertiary/aromatic N) is 4. The van der Waals surface area contributed by atoms with E-state index in [1.807, 2.05) is 26.0 Å². The van der Waals surface area contributed by atoms with Gasteiger partial charge in [0.1, 0.15) is 24.8 Å². The summed E-state index contributed by atoms with van der Waals surface area (Å²) in [7, 11) is 3.94. The van der Waals surface area contributed by atoms with Crippen LogP contribution >= 0.6 is 11.3 Å². The number of likely N-dealkylation sites (tertiary alicyclic amines) is 1. The molecule has 0 aliphatic carbocycles. The number of piperazine rings is 1. The van der Waals surface area contributed by atoms with Crippen molar-refractivity contribution in [3.05, 3.63) is 35.2 Å². The van der Waals surface area contributed by atoms with Crippen LogP contribution in [0.15, 0.2) is 29.6 Å². The minimum atomic E-state index is -0.730. The number of hydrogen-bond donors (Lipinski definition) is 2. The number of nitrogens with one attached hydrogen (secondary N) is 2. The molecule has 1 aromatic carbocycles. The summed E-state index contributed by atoms with van der Waals surface area (Å²) in [5.74, 6) is -0.463. The van der Waals surface area contributed by atoms with E-state index in [0.717, 1.165) is 42.6 Å². The lowest BCUT2D eigenvalue weighted by Gasteiger charge is -2.32. The minimum absolute atomic E-state index is 0.0146. The summed E-state index contributed by atoms with van der Waals surface area (Å²) in [6.45, 7) is 8.40. The van der Waals surface area contributed by atoms with Gasteiger partial charge >= 0.3 is 0 Å². The van der Waals surface area contributed by atoms with Gasteiger partial charge in [0.25, 0.3) is 5.91 Å². The first kappa shape index (κ1) is 27.7. The highest BCUT2D eigenvalue weighted by Crippen LogP contribution is 2.30. The van der Waals surface area contributed by atoms with Crippen LogP contribution in [-0.2, 0) is 14.3 Å². The number of carbonyl (C=O) groups is 3. The van der Waals surface area contributed by atoms with Crippen LogP contribution < -0.4 is 15.5 Å². The van der Waals surface area contributed by atoms with Crippen molar-refractivity contribution in [3.63, 3.8) is 0 Å². The average Bonchev–Trinajstić information content (AvgIpc) is 3.65. The maximum Gasteiger partial charge on any atom is 0.251 e. The van der Waals surface area contributed by atoms with E-state index >= 15 is 0 Å². The highest BCUT2D eigenvalue weighted by Gasteiger charge is 2.52. The Kier molecular flexibility index (Phi) is 8.32. The molecular formula is C28H38N6O4S. The number of aromatic nitrogens is 1. The molecule has 210 valence electrons. The van der Waals surface area contributed by atoms with Crippen LogP contribution in [0.25, 0.3) is 11.3 Å². The Morgan fingerprint density at radius 3 is 2.54 bits per heavy atom. The normalized spacial score (nSPS) is 24.3. The Balaban J connectivity index is 1.26. The van der Waals surface area contributed by atoms with Crippen LogP contribution in [0.5, 0.6) is 0 Å². The monoisotopic (exact) mass is 554 g/mol. The van der Waals surface area contributed by atoms with E-state index in [1.165, 1.54) is 0 Å². The Morgan fingerprint density at radius 2 is 1.87 bits per heavy atom. The molecule has 3 aliphatic rings. The zero-order valence-electron chi connectivity index (χ0n) is 23.1. The molecule has 0 spiro atoms. The third kappa shape index (κ3) is 5.86. The molecule has 4 atom stereocenters. The van der Waals surface area contributed by atoms with Gasteiger partial charge in [-0.25, -0.2) is 4.98 Å². The van der Waals surface area contributed by atoms with E-state index < -0.39 is 12.1 Å². The lowest BCUT2D eigenvalue weighted by Crippen LogP contribution is -2.52. The smallest absolute Gasteiger partial charge is 0.251 e. The van der Waals surface area contributed by atoms with Crippen molar-refractivity contribution in [2.24, 2.45) is 5.92 Å². The number of fused-ring (bicyclic) bond motifs is 1. The zero-order chi connectivity index (χ0) is 27.7. The van der Waals surface area contributed by atoms with Gasteiger partial charge in [0.05, 0.1) is 11.7 Å². The summed E-state index contributed by atoms with van der Waals surface area (Å²) in [6, 6.07) is 5.89. The lowest BCUT2D eigenvalue weighted by molar-refractivity contribution is -0.138. The number of hydrogen-bond acceptors (Lipinski definition) is 9. The van der Waals surface area contributed by atoms with Gasteiger partial charge in [-0.3, -0.25) is 14.4 Å². The van der Waals surface area contributed by atoms with E-state index in [4.69, 9.17) is 9.72 Å². The van der Waals surface area contributed by atoms with Crippen LogP contribution in [-0.4, -0.2) is 110 Å². The second-order valence-corrected chi connectivity index (χ2v) is 11.9. The molecule has 1 aromatic heterocycles. The molecule has 4 heterocycles. The van der Waals surface area contributed by atoms with Gasteiger partial charge in [-0.05, 0) is 38.6 Å². The van der Waals surface area contributed by atoms with Crippen molar-refractivity contribution < 1.29 is 19.1 Å². The molecular weight excluding hydrogens is 516 g/mol. The first-order chi connectivity index (χ1) is 18.7. The molecule has 2 aromatic rings. The second kappa shape index (κ2) is 11.7. The van der Waals surface area contributed by atoms with Gasteiger partial charge in [-0.15, -0.1) is 11.3 Å². The predicted octanol–water partition coefficient (Wildman–Crippen LogP) is 1.47. The molecule has 39 heavy (non-hydrogen) atoms. The number of anilines is 1. The van der Waals surface area contributed by atoms with Gasteiger partial charge in [0.2, 0.25) is 5.91 Å². The highest BCUT2D eigenvalue weighted by molar-refractivity contribution is 7.14. The molecule has 0 unspecified atom stereocenters. The van der Waals surface area contributed by atoms with E-state index in [2.05, 4.69) is 32.9 Å². The van der Waals surface area contributed by atoms with Gasteiger partial charge < -0.3 is 30.1 Å². The summed E-state index contributed by atoms with van der Waals surface area (Å²) in [4.78, 5) is 50.5. The average molecular weight is 555 g/mol. The van der Waals surface area contributed by atoms with Crippen molar-refractivity contribution in [3.8, 4) is 11.3 Å². The first-order valence-electron chi connectivity index (χ1n) is 13.7. The van der Waals surface area contributed by atoms with Crippen LogP contribution in [0, 0.1) is 5.92 Å². The maximum atomic E-state index is 13.6. The van der Waals surface area contributed by atoms with Crippen molar-refractivity contribution in [1.29, 1.82) is 0 Å². The summed E-state index contributed by atoms with van der Waals surface area (Å²) in [5.41, 5.74) is 2.31. The number of benzene rings is 1. The first-order valence-corrected chi connectivity index (χ1v) is 14.6. The van der Waals surface area contributed by atoms with Gasteiger partial charge in [-0.2, -0.15) is 0 Å². The molecule has 0 radical (unpaired) electrons. The van der Waals surface area contributed by atoms with Crippen LogP contribution in [0.4, 0.5) is 5.13 Å². The van der Waals surface area contributed by atoms with Crippen LogP contribution in [0.1, 0.15) is 30.6 Å². The number of ketones is 1. The number of rotatable bonds is 8. The summed E-state index contributed by atoms with van der Waals surface area (Å²) in [6.07, 6.45) is 0.126. The van der Waals surface area contributed by atoms with E-state index in [0.29, 0.717) is 18.5 Å². The van der Waals surface area contributed by atoms with Crippen molar-refractivity contribution in [1.82, 2.24) is 25.4 Å². The third-order valence-electron chi connectivity index (χ3n) is 7.86. The Morgan fingerprint density at radius 1 is 1.15 bits per heavy atom. The molecule has 10 nitrogen and oxygen atoms in total. The molecule has 2 N–H and O–H groups in total. The molecule has 11 heteroatoms. The van der Waals surface area contributed by atoms with Crippen LogP contribution in [0.2, 0.25) is 0 Å². The van der Waals surface area contributed by atoms with Gasteiger partial charge in [-0.1, -0.05) is 26.0 Å². The Hall–Kier alpha value is -2.86. The SMILES string of the molecule is CN[C@H]1CN(C(=O)[C@H](CC(C)C)NC(=O)c2ccc(-c3csc(N4CCN(C)CC4)n3)cc2)[C@@H]2C(=O)CO[C@H]12. The number of carbonyl (C=O) groups excluding carboxylic acids is 3. The van der Waals surface area contributed by atoms with Crippen molar-refractivity contribution >= 4 is 34.1 Å². The third-order valence-corrected chi connectivity index (χ3v) is 8.76. The summed E-state index contributed by atoms with van der Waals surface area (Å²) >= 11 is 1.64. The number of thiazole rings is 1. The fourth-order valence-electron chi connectivity index (χ4n) is 5.60. The molecule has 0 saturated carbocycles. The fourth-order valence-corrected chi connectivity index (χ4v) is 6.49. The fraction of sp³-hybridized carbons (Fsp3) is 0.571. The van der Waals surface area contributed by atoms with E-state index in [1.54, 1.807) is 35.4 Å². The van der Waals surface area contributed by atoms with Crippen molar-refractivity contribution in [2.45, 2.75) is 44.5 Å². The van der Waals surface area contributed by atoms with E-state index in [-0.39, 0.29) is 42.3 Å². The van der Waals surface area contributed by atoms with Gasteiger partial charge in [0, 0.05) is 49.2 Å². The molecule has 3 aliphatic heterocycles. The highest BCUT2D eigenvalue weighted by atomic mass is 32.1. The number of ether oxygens (including phenoxy) is 1. The second-order valence-electron chi connectivity index (χ2n) is 11.1. The Bertz CT molecular complexity index is 1190. The van der Waals surface area contributed by atoms with Crippen LogP contribution in [0.3, 0.4) is 0 Å². The predicted molar refractivity (Wildman–Crippen MR) is 151 cm³/mol. The van der Waals surface area contributed by atoms with Gasteiger partial charge in [0.15, 0.2) is 10.9 Å². The number of Topliss-reactive ketones (excluding diaryl/α,β-unsaturated/α-hetero) is 1. The maximum absolute atomic E-state index is 13.6. The topological polar surface area (TPSA) is 107 Å². The van der Waals surface area contributed by atoms with Crippen molar-refractivity contribution in [2.75, 3.05) is 58.3 Å². The summed E-state index contributed by atoms with van der Waals surface area (Å²) < 4.78 is 5.67. The molecule has 5 rings (SSSR count). The Labute approximate surface area is 233 Å². The molecule has 3 fully saturated rings. The summed E-state index contributed by atoms with van der Waals surface area (Å²) in [5, 5.41) is 9.18. The quantitative estimate of drug-likeness (QED) is 0.506. The molecule has 2 amide bonds. The number of likely N-dealkylation sites (N-methyl/N-ethyl adjacent to an activating group) is 2. The zero-order valence-corrected chi connectivity index (χ0v) is 23.9. The molecule has 0 bridgehead atoms.